The van der Waals surface area contributed by atoms with Crippen molar-refractivity contribution in [1.29, 1.82) is 0 Å². The van der Waals surface area contributed by atoms with Crippen LogP contribution in [0.25, 0.3) is 0 Å². The third-order valence-electron chi connectivity index (χ3n) is 2.52. The van der Waals surface area contributed by atoms with Crippen LogP contribution in [0, 0.1) is 0 Å². The molecule has 0 aliphatic heterocycles. The normalized spacial score (nSPS) is 15.9. The summed E-state index contributed by atoms with van der Waals surface area (Å²) in [6, 6.07) is 3.19. The number of hydrogen-bond acceptors (Lipinski definition) is 4. The Morgan fingerprint density at radius 3 is 2.72 bits per heavy atom. The molecular weight excluding hydrogens is 296 g/mol. The Morgan fingerprint density at radius 2 is 2.22 bits per heavy atom. The van der Waals surface area contributed by atoms with E-state index in [2.05, 4.69) is 5.32 Å². The van der Waals surface area contributed by atoms with Crippen LogP contribution in [0.5, 0.6) is 0 Å². The number of likely N-dealkylation sites (N-methyl/N-ethyl adjacent to an activating group) is 1. The molecule has 0 aromatic carbocycles. The maximum absolute atomic E-state index is 12.1. The van der Waals surface area contributed by atoms with Gasteiger partial charge in [0.15, 0.2) is 0 Å². The third-order valence-corrected chi connectivity index (χ3v) is 6.02. The van der Waals surface area contributed by atoms with Crippen LogP contribution in [-0.4, -0.2) is 38.3 Å². The molecule has 1 aliphatic rings. The summed E-state index contributed by atoms with van der Waals surface area (Å²) in [6.07, 6.45) is 1.95. The van der Waals surface area contributed by atoms with Crippen LogP contribution < -0.4 is 5.32 Å². The van der Waals surface area contributed by atoms with Crippen molar-refractivity contribution in [3.63, 3.8) is 0 Å². The molecule has 18 heavy (non-hydrogen) atoms. The highest BCUT2D eigenvalue weighted by molar-refractivity contribution is 7.91. The minimum Gasteiger partial charge on any atom is -0.352 e. The zero-order chi connectivity index (χ0) is 13.3. The summed E-state index contributed by atoms with van der Waals surface area (Å²) in [5.74, 6) is -0.272. The summed E-state index contributed by atoms with van der Waals surface area (Å²) in [7, 11) is -2.24. The summed E-state index contributed by atoms with van der Waals surface area (Å²) in [4.78, 5) is 11.5. The summed E-state index contributed by atoms with van der Waals surface area (Å²) >= 11 is 6.69. The molecule has 1 aliphatic carbocycles. The van der Waals surface area contributed by atoms with E-state index < -0.39 is 10.0 Å². The second-order valence-corrected chi connectivity index (χ2v) is 8.15. The van der Waals surface area contributed by atoms with Gasteiger partial charge in [0.2, 0.25) is 5.91 Å². The number of carbonyl (C=O) groups excluding carboxylic acids is 1. The summed E-state index contributed by atoms with van der Waals surface area (Å²) in [6.45, 7) is -0.172. The molecule has 0 spiro atoms. The fraction of sp³-hybridized carbons (Fsp3) is 0.500. The van der Waals surface area contributed by atoms with Crippen LogP contribution in [-0.2, 0) is 14.8 Å². The van der Waals surface area contributed by atoms with E-state index >= 15 is 0 Å². The van der Waals surface area contributed by atoms with Crippen molar-refractivity contribution in [2.75, 3.05) is 13.6 Å². The second kappa shape index (κ2) is 5.16. The average molecular weight is 309 g/mol. The molecule has 8 heteroatoms. The van der Waals surface area contributed by atoms with Crippen molar-refractivity contribution in [2.45, 2.75) is 23.1 Å². The molecule has 1 N–H and O–H groups in total. The Labute approximate surface area is 115 Å². The highest BCUT2D eigenvalue weighted by Gasteiger charge is 2.27. The molecule has 100 valence electrons. The SMILES string of the molecule is CN(CC(=O)NC1CC1)S(=O)(=O)c1ccc(Cl)s1. The van der Waals surface area contributed by atoms with E-state index in [1.807, 2.05) is 0 Å². The molecule has 1 fully saturated rings. The molecule has 5 nitrogen and oxygen atoms in total. The maximum Gasteiger partial charge on any atom is 0.252 e. The molecule has 0 unspecified atom stereocenters. The number of hydrogen-bond donors (Lipinski definition) is 1. The van der Waals surface area contributed by atoms with Gasteiger partial charge in [-0.2, -0.15) is 4.31 Å². The van der Waals surface area contributed by atoms with Crippen LogP contribution in [0.1, 0.15) is 12.8 Å². The molecular formula is C10H13ClN2O3S2. The lowest BCUT2D eigenvalue weighted by Gasteiger charge is -2.15. The van der Waals surface area contributed by atoms with Gasteiger partial charge < -0.3 is 5.32 Å². The number of thiophene rings is 1. The van der Waals surface area contributed by atoms with E-state index in [9.17, 15) is 13.2 Å². The van der Waals surface area contributed by atoms with Gasteiger partial charge >= 0.3 is 0 Å². The molecule has 1 aromatic rings. The van der Waals surface area contributed by atoms with E-state index in [1.165, 1.54) is 19.2 Å². The van der Waals surface area contributed by atoms with Crippen LogP contribution in [0.2, 0.25) is 4.34 Å². The Morgan fingerprint density at radius 1 is 1.56 bits per heavy atom. The zero-order valence-electron chi connectivity index (χ0n) is 9.72. The minimum atomic E-state index is -3.62. The van der Waals surface area contributed by atoms with Crippen molar-refractivity contribution in [3.8, 4) is 0 Å². The number of sulfonamides is 1. The Kier molecular flexibility index (Phi) is 3.96. The molecule has 0 radical (unpaired) electrons. The predicted octanol–water partition coefficient (Wildman–Crippen LogP) is 1.30. The number of halogens is 1. The van der Waals surface area contributed by atoms with Crippen molar-refractivity contribution < 1.29 is 13.2 Å². The smallest absolute Gasteiger partial charge is 0.252 e. The van der Waals surface area contributed by atoms with Crippen LogP contribution in [0.4, 0.5) is 0 Å². The van der Waals surface area contributed by atoms with Gasteiger partial charge in [0.1, 0.15) is 4.21 Å². The number of nitrogens with one attached hydrogen (secondary N) is 1. The van der Waals surface area contributed by atoms with Gasteiger partial charge in [0.05, 0.1) is 10.9 Å². The van der Waals surface area contributed by atoms with Crippen LogP contribution in [0.15, 0.2) is 16.3 Å². The number of rotatable bonds is 5. The lowest BCUT2D eigenvalue weighted by Crippen LogP contribution is -2.38. The first-order chi connectivity index (χ1) is 8.39. The standard InChI is InChI=1S/C10H13ClN2O3S2/c1-13(6-9(14)12-7-2-3-7)18(15,16)10-5-4-8(11)17-10/h4-5,7H,2-3,6H2,1H3,(H,12,14). The Bertz CT molecular complexity index is 551. The fourth-order valence-electron chi connectivity index (χ4n) is 1.38. The van der Waals surface area contributed by atoms with Gasteiger partial charge in [-0.1, -0.05) is 11.6 Å². The van der Waals surface area contributed by atoms with Gasteiger partial charge in [0, 0.05) is 13.1 Å². The largest absolute Gasteiger partial charge is 0.352 e. The third kappa shape index (κ3) is 3.23. The van der Waals surface area contributed by atoms with Crippen molar-refractivity contribution in [3.05, 3.63) is 16.5 Å². The molecule has 0 atom stereocenters. The van der Waals surface area contributed by atoms with E-state index in [0.29, 0.717) is 4.34 Å². The highest BCUT2D eigenvalue weighted by atomic mass is 35.5. The molecule has 1 heterocycles. The van der Waals surface area contributed by atoms with E-state index in [-0.39, 0.29) is 22.7 Å². The van der Waals surface area contributed by atoms with Gasteiger partial charge in [-0.3, -0.25) is 4.79 Å². The minimum absolute atomic E-state index is 0.147. The molecule has 1 saturated carbocycles. The topological polar surface area (TPSA) is 66.5 Å². The first-order valence-corrected chi connectivity index (χ1v) is 8.04. The number of nitrogens with zero attached hydrogens (tertiary/aromatic N) is 1. The number of carbonyl (C=O) groups is 1. The van der Waals surface area contributed by atoms with E-state index in [0.717, 1.165) is 28.5 Å². The first-order valence-electron chi connectivity index (χ1n) is 5.40. The Hall–Kier alpha value is -0.630. The van der Waals surface area contributed by atoms with Crippen molar-refractivity contribution in [1.82, 2.24) is 9.62 Å². The lowest BCUT2D eigenvalue weighted by molar-refractivity contribution is -0.121. The maximum atomic E-state index is 12.1. The highest BCUT2D eigenvalue weighted by Crippen LogP contribution is 2.27. The van der Waals surface area contributed by atoms with Crippen molar-refractivity contribution >= 4 is 38.9 Å². The summed E-state index contributed by atoms with van der Waals surface area (Å²) < 4.78 is 25.7. The molecule has 2 rings (SSSR count). The van der Waals surface area contributed by atoms with Gasteiger partial charge in [0.25, 0.3) is 10.0 Å². The zero-order valence-corrected chi connectivity index (χ0v) is 12.1. The van der Waals surface area contributed by atoms with Crippen LogP contribution >= 0.6 is 22.9 Å². The van der Waals surface area contributed by atoms with Gasteiger partial charge in [-0.25, -0.2) is 8.42 Å². The molecule has 0 saturated heterocycles. The molecule has 0 bridgehead atoms. The number of amides is 1. The monoisotopic (exact) mass is 308 g/mol. The van der Waals surface area contributed by atoms with E-state index in [1.54, 1.807) is 0 Å². The van der Waals surface area contributed by atoms with Gasteiger partial charge in [-0.15, -0.1) is 11.3 Å². The molecule has 1 aromatic heterocycles. The quantitative estimate of drug-likeness (QED) is 0.891. The molecule has 1 amide bonds. The van der Waals surface area contributed by atoms with Gasteiger partial charge in [-0.05, 0) is 25.0 Å². The van der Waals surface area contributed by atoms with E-state index in [4.69, 9.17) is 11.6 Å². The lowest BCUT2D eigenvalue weighted by atomic mass is 10.5. The van der Waals surface area contributed by atoms with Crippen LogP contribution in [0.3, 0.4) is 0 Å². The summed E-state index contributed by atoms with van der Waals surface area (Å²) in [5.41, 5.74) is 0. The predicted molar refractivity (Wildman–Crippen MR) is 70.3 cm³/mol. The second-order valence-electron chi connectivity index (χ2n) is 4.16. The fourth-order valence-corrected chi connectivity index (χ4v) is 4.20. The average Bonchev–Trinajstić information content (AvgIpc) is 2.96. The van der Waals surface area contributed by atoms with Crippen molar-refractivity contribution in [2.24, 2.45) is 0 Å². The Balaban J connectivity index is 2.02. The first kappa shape index (κ1) is 13.8. The summed E-state index contributed by atoms with van der Waals surface area (Å²) in [5, 5.41) is 2.75.